The maximum Gasteiger partial charge on any atom is 0.338 e. The van der Waals surface area contributed by atoms with E-state index in [1.807, 2.05) is 12.1 Å². The first-order chi connectivity index (χ1) is 12.6. The molecular formula is C19H16FIN2O3. The average Bonchev–Trinajstić information content (AvgIpc) is 3.14. The van der Waals surface area contributed by atoms with E-state index in [4.69, 9.17) is 9.47 Å². The summed E-state index contributed by atoms with van der Waals surface area (Å²) in [6, 6.07) is 12.8. The largest absolute Gasteiger partial charge is 0.490 e. The highest BCUT2D eigenvalue weighted by atomic mass is 127. The number of carbonyl (C=O) groups excluding carboxylic acids is 1. The quantitative estimate of drug-likeness (QED) is 0.391. The summed E-state index contributed by atoms with van der Waals surface area (Å²) >= 11 is 2.17. The Hall–Kier alpha value is -2.42. The van der Waals surface area contributed by atoms with Crippen LogP contribution in [0.1, 0.15) is 10.4 Å². The maximum absolute atomic E-state index is 13.0. The number of nitrogens with zero attached hydrogens (tertiary/aromatic N) is 2. The van der Waals surface area contributed by atoms with Gasteiger partial charge in [-0.3, -0.25) is 0 Å². The van der Waals surface area contributed by atoms with Gasteiger partial charge in [0.1, 0.15) is 18.2 Å². The van der Waals surface area contributed by atoms with Crippen LogP contribution in [0, 0.1) is 9.39 Å². The van der Waals surface area contributed by atoms with Crippen LogP contribution in [0.2, 0.25) is 0 Å². The van der Waals surface area contributed by atoms with E-state index in [2.05, 4.69) is 27.6 Å². The molecule has 0 spiro atoms. The molecule has 134 valence electrons. The van der Waals surface area contributed by atoms with Crippen molar-refractivity contribution in [3.8, 4) is 5.75 Å². The van der Waals surface area contributed by atoms with E-state index in [1.165, 1.54) is 24.3 Å². The Kier molecular flexibility index (Phi) is 6.21. The van der Waals surface area contributed by atoms with Gasteiger partial charge in [0.15, 0.2) is 6.10 Å². The summed E-state index contributed by atoms with van der Waals surface area (Å²) in [5.74, 6) is -0.251. The fraction of sp³-hybridized carbons (Fsp3) is 0.158. The Labute approximate surface area is 163 Å². The Morgan fingerprint density at radius 1 is 1.15 bits per heavy atom. The van der Waals surface area contributed by atoms with E-state index < -0.39 is 12.1 Å². The molecule has 0 unspecified atom stereocenters. The Bertz CT molecular complexity index is 836. The van der Waals surface area contributed by atoms with E-state index in [-0.39, 0.29) is 12.4 Å². The first kappa shape index (κ1) is 18.4. The lowest BCUT2D eigenvalue weighted by atomic mass is 10.2. The average molecular weight is 466 g/mol. The van der Waals surface area contributed by atoms with Crippen molar-refractivity contribution in [2.75, 3.05) is 6.61 Å². The first-order valence-electron chi connectivity index (χ1n) is 7.91. The van der Waals surface area contributed by atoms with Gasteiger partial charge < -0.3 is 14.0 Å². The van der Waals surface area contributed by atoms with Gasteiger partial charge in [0.25, 0.3) is 0 Å². The minimum Gasteiger partial charge on any atom is -0.490 e. The van der Waals surface area contributed by atoms with Crippen LogP contribution in [0.25, 0.3) is 0 Å². The molecule has 0 N–H and O–H groups in total. The van der Waals surface area contributed by atoms with E-state index in [9.17, 15) is 9.18 Å². The summed E-state index contributed by atoms with van der Waals surface area (Å²) < 4.78 is 27.1. The number of aromatic nitrogens is 2. The monoisotopic (exact) mass is 466 g/mol. The normalized spacial score (nSPS) is 11.8. The van der Waals surface area contributed by atoms with Crippen molar-refractivity contribution in [2.45, 2.75) is 12.6 Å². The van der Waals surface area contributed by atoms with Crippen LogP contribution in [0.15, 0.2) is 67.3 Å². The molecule has 1 aromatic heterocycles. The third-order valence-electron chi connectivity index (χ3n) is 3.58. The molecule has 3 aromatic rings. The zero-order chi connectivity index (χ0) is 18.4. The van der Waals surface area contributed by atoms with Gasteiger partial charge in [-0.25, -0.2) is 14.2 Å². The summed E-state index contributed by atoms with van der Waals surface area (Å²) in [6.45, 7) is 0.539. The highest BCUT2D eigenvalue weighted by molar-refractivity contribution is 14.1. The van der Waals surface area contributed by atoms with E-state index in [0.717, 1.165) is 3.57 Å². The van der Waals surface area contributed by atoms with Crippen LogP contribution in [-0.2, 0) is 11.3 Å². The summed E-state index contributed by atoms with van der Waals surface area (Å²) in [4.78, 5) is 16.4. The maximum atomic E-state index is 13.0. The van der Waals surface area contributed by atoms with Crippen molar-refractivity contribution >= 4 is 28.6 Å². The number of hydrogen-bond acceptors (Lipinski definition) is 4. The fourth-order valence-corrected chi connectivity index (χ4v) is 2.64. The summed E-state index contributed by atoms with van der Waals surface area (Å²) in [6.07, 6.45) is 4.55. The summed E-state index contributed by atoms with van der Waals surface area (Å²) in [5.41, 5.74) is 0.475. The molecule has 0 bridgehead atoms. The van der Waals surface area contributed by atoms with E-state index >= 15 is 0 Å². The minimum absolute atomic E-state index is 0.139. The molecule has 7 heteroatoms. The minimum atomic E-state index is -0.527. The van der Waals surface area contributed by atoms with Gasteiger partial charge in [-0.2, -0.15) is 0 Å². The molecule has 0 aliphatic heterocycles. The van der Waals surface area contributed by atoms with Crippen LogP contribution in [0.4, 0.5) is 4.39 Å². The number of esters is 1. The van der Waals surface area contributed by atoms with Crippen LogP contribution < -0.4 is 4.74 Å². The lowest BCUT2D eigenvalue weighted by Gasteiger charge is -2.19. The molecule has 1 atom stereocenters. The second-order valence-electron chi connectivity index (χ2n) is 5.56. The lowest BCUT2D eigenvalue weighted by Crippen LogP contribution is -2.29. The van der Waals surface area contributed by atoms with Gasteiger partial charge in [0.05, 0.1) is 18.4 Å². The lowest BCUT2D eigenvalue weighted by molar-refractivity contribution is 0.0125. The van der Waals surface area contributed by atoms with Crippen molar-refractivity contribution in [3.63, 3.8) is 0 Å². The molecule has 5 nitrogen and oxygen atoms in total. The molecule has 0 aliphatic rings. The molecule has 0 fully saturated rings. The van der Waals surface area contributed by atoms with Crippen molar-refractivity contribution in [3.05, 3.63) is 82.2 Å². The molecular weight excluding hydrogens is 450 g/mol. The zero-order valence-electron chi connectivity index (χ0n) is 13.7. The predicted molar refractivity (Wildman–Crippen MR) is 102 cm³/mol. The second kappa shape index (κ2) is 8.79. The smallest absolute Gasteiger partial charge is 0.338 e. The number of carbonyl (C=O) groups is 1. The Morgan fingerprint density at radius 2 is 1.88 bits per heavy atom. The molecule has 0 amide bonds. The van der Waals surface area contributed by atoms with Crippen LogP contribution in [0.3, 0.4) is 0 Å². The van der Waals surface area contributed by atoms with Crippen molar-refractivity contribution in [1.29, 1.82) is 0 Å². The molecule has 2 aromatic carbocycles. The molecule has 1 heterocycles. The molecule has 26 heavy (non-hydrogen) atoms. The third kappa shape index (κ3) is 5.29. The third-order valence-corrected chi connectivity index (χ3v) is 4.30. The van der Waals surface area contributed by atoms with Crippen LogP contribution in [-0.4, -0.2) is 28.2 Å². The van der Waals surface area contributed by atoms with Crippen LogP contribution in [0.5, 0.6) is 5.75 Å². The Balaban J connectivity index is 1.66. The molecule has 0 radical (unpaired) electrons. The highest BCUT2D eigenvalue weighted by Gasteiger charge is 2.18. The summed E-state index contributed by atoms with van der Waals surface area (Å²) in [5, 5.41) is 0. The topological polar surface area (TPSA) is 53.4 Å². The van der Waals surface area contributed by atoms with Gasteiger partial charge in [0, 0.05) is 16.0 Å². The van der Waals surface area contributed by atoms with Crippen molar-refractivity contribution in [1.82, 2.24) is 9.55 Å². The van der Waals surface area contributed by atoms with Gasteiger partial charge in [-0.1, -0.05) is 0 Å². The van der Waals surface area contributed by atoms with E-state index in [1.54, 1.807) is 35.4 Å². The number of rotatable bonds is 7. The fourth-order valence-electron chi connectivity index (χ4n) is 2.28. The molecule has 0 aliphatic carbocycles. The summed E-state index contributed by atoms with van der Waals surface area (Å²) in [7, 11) is 0. The number of hydrogen-bond donors (Lipinski definition) is 0. The van der Waals surface area contributed by atoms with Crippen LogP contribution >= 0.6 is 22.6 Å². The second-order valence-corrected chi connectivity index (χ2v) is 6.80. The number of imidazole rings is 1. The van der Waals surface area contributed by atoms with Gasteiger partial charge in [0.2, 0.25) is 0 Å². The van der Waals surface area contributed by atoms with Gasteiger partial charge in [-0.05, 0) is 71.1 Å². The van der Waals surface area contributed by atoms with Gasteiger partial charge in [-0.15, -0.1) is 0 Å². The first-order valence-corrected chi connectivity index (χ1v) is 8.99. The van der Waals surface area contributed by atoms with Gasteiger partial charge >= 0.3 is 5.97 Å². The van der Waals surface area contributed by atoms with Crippen molar-refractivity contribution < 1.29 is 18.7 Å². The van der Waals surface area contributed by atoms with Crippen molar-refractivity contribution in [2.24, 2.45) is 0 Å². The standard InChI is InChI=1S/C19H16FIN2O3/c20-15-3-7-17(8-4-15)25-12-18(11-23-10-9-22-13-23)26-19(24)14-1-5-16(21)6-2-14/h1-10,13,18H,11-12H2/t18-/m1/s1. The highest BCUT2D eigenvalue weighted by Crippen LogP contribution is 2.14. The molecule has 0 saturated heterocycles. The Morgan fingerprint density at radius 3 is 2.54 bits per heavy atom. The van der Waals surface area contributed by atoms with E-state index in [0.29, 0.717) is 17.9 Å². The number of halogens is 2. The molecule has 3 rings (SSSR count). The zero-order valence-corrected chi connectivity index (χ0v) is 15.9. The number of ether oxygens (including phenoxy) is 2. The number of benzene rings is 2. The predicted octanol–water partition coefficient (Wildman–Crippen LogP) is 3.93. The SMILES string of the molecule is O=C(O[C@@H](COc1ccc(F)cc1)Cn1ccnc1)c1ccc(I)cc1. The molecule has 0 saturated carbocycles.